The number of hydrogen-bond acceptors (Lipinski definition) is 6. The molecule has 0 bridgehead atoms. The van der Waals surface area contributed by atoms with E-state index in [1.54, 1.807) is 0 Å². The molecule has 198 valence electrons. The van der Waals surface area contributed by atoms with Crippen LogP contribution in [-0.4, -0.2) is 46.1 Å². The minimum Gasteiger partial charge on any atom is -0.481 e. The minimum atomic E-state index is -0.735. The molecule has 0 radical (unpaired) electrons. The summed E-state index contributed by atoms with van der Waals surface area (Å²) < 4.78 is 5.11. The van der Waals surface area contributed by atoms with Gasteiger partial charge in [-0.15, -0.1) is 0 Å². The first-order valence-corrected chi connectivity index (χ1v) is 15.4. The first kappa shape index (κ1) is 27.4. The summed E-state index contributed by atoms with van der Waals surface area (Å²) >= 11 is 0. The molecular weight excluding hydrogens is 494 g/mol. The number of carboxylic acid groups (broad SMARTS) is 1. The number of aliphatic carboxylic acids is 1. The number of amides is 1. The van der Waals surface area contributed by atoms with Crippen molar-refractivity contribution in [3.05, 3.63) is 36.0 Å². The summed E-state index contributed by atoms with van der Waals surface area (Å²) in [5.74, 6) is 0.776. The fourth-order valence-electron chi connectivity index (χ4n) is 7.70. The van der Waals surface area contributed by atoms with Gasteiger partial charge in [-0.3, -0.25) is 9.59 Å². The average molecular weight is 534 g/mol. The molecule has 8 heteroatoms. The van der Waals surface area contributed by atoms with Gasteiger partial charge in [-0.05, 0) is 75.2 Å². The van der Waals surface area contributed by atoms with Gasteiger partial charge in [0.25, 0.3) is 0 Å². The Morgan fingerprint density at radius 2 is 2.08 bits per heavy atom. The van der Waals surface area contributed by atoms with E-state index in [1.807, 2.05) is 33.7 Å². The van der Waals surface area contributed by atoms with Crippen molar-refractivity contribution in [3.8, 4) is 0 Å². The lowest BCUT2D eigenvalue weighted by atomic mass is 9.45. The fourth-order valence-corrected chi connectivity index (χ4v) is 11.5. The van der Waals surface area contributed by atoms with E-state index in [1.165, 1.54) is 5.57 Å². The number of carboxylic acids is 1. The topological polar surface area (TPSA) is 92.7 Å². The van der Waals surface area contributed by atoms with Crippen molar-refractivity contribution in [1.82, 2.24) is 5.32 Å². The second-order valence-electron chi connectivity index (χ2n) is 11.3. The van der Waals surface area contributed by atoms with E-state index in [4.69, 9.17) is 9.84 Å². The Hall–Kier alpha value is -1.67. The summed E-state index contributed by atoms with van der Waals surface area (Å²) in [5.41, 5.74) is 1.34. The van der Waals surface area contributed by atoms with Gasteiger partial charge in [0.2, 0.25) is 6.41 Å². The maximum Gasteiger partial charge on any atom is 0.338 e. The van der Waals surface area contributed by atoms with Gasteiger partial charge in [0.15, 0.2) is 0 Å². The number of esters is 1. The van der Waals surface area contributed by atoms with Gasteiger partial charge in [0, 0.05) is 28.4 Å². The van der Waals surface area contributed by atoms with Crippen LogP contribution in [0.25, 0.3) is 0 Å². The van der Waals surface area contributed by atoms with Crippen LogP contribution in [-0.2, 0) is 19.1 Å². The number of ether oxygens (including phenoxy) is 1. The van der Waals surface area contributed by atoms with Crippen LogP contribution in [0.15, 0.2) is 36.0 Å². The Kier molecular flexibility index (Phi) is 8.35. The van der Waals surface area contributed by atoms with Crippen molar-refractivity contribution in [2.75, 3.05) is 12.4 Å². The molecule has 2 aliphatic heterocycles. The number of cyclic esters (lactones) is 1. The van der Waals surface area contributed by atoms with Crippen molar-refractivity contribution >= 4 is 39.9 Å². The van der Waals surface area contributed by atoms with Gasteiger partial charge in [0.1, 0.15) is 6.61 Å². The molecule has 0 spiro atoms. The van der Waals surface area contributed by atoms with E-state index in [2.05, 4.69) is 31.8 Å². The van der Waals surface area contributed by atoms with Crippen LogP contribution < -0.4 is 5.32 Å². The summed E-state index contributed by atoms with van der Waals surface area (Å²) in [6.45, 7) is 9.36. The molecule has 0 unspecified atom stereocenters. The second-order valence-corrected chi connectivity index (χ2v) is 14.1. The third-order valence-corrected chi connectivity index (χ3v) is 12.8. The minimum absolute atomic E-state index is 0.0352. The van der Waals surface area contributed by atoms with E-state index in [-0.39, 0.29) is 39.9 Å². The maximum atomic E-state index is 12.1. The molecule has 4 rings (SSSR count). The molecule has 1 saturated heterocycles. The first-order chi connectivity index (χ1) is 17.2. The zero-order valence-corrected chi connectivity index (χ0v) is 23.1. The molecule has 3 fully saturated rings. The van der Waals surface area contributed by atoms with Crippen LogP contribution in [0.1, 0.15) is 71.6 Å². The molecule has 0 aromatic carbocycles. The first-order valence-electron chi connectivity index (χ1n) is 13.1. The predicted molar refractivity (Wildman–Crippen MR) is 145 cm³/mol. The average Bonchev–Trinajstić information content (AvgIpc) is 3.46. The van der Waals surface area contributed by atoms with Crippen molar-refractivity contribution < 1.29 is 24.2 Å². The molecule has 0 aromatic rings. The molecule has 36 heavy (non-hydrogen) atoms. The number of carbonyl (C=O) groups is 3. The highest BCUT2D eigenvalue weighted by Gasteiger charge is 2.62. The Labute approximate surface area is 222 Å². The molecule has 6 atom stereocenters. The molecule has 1 amide bonds. The summed E-state index contributed by atoms with van der Waals surface area (Å²) in [6.07, 6.45) is 14.5. The Bertz CT molecular complexity index is 956. The van der Waals surface area contributed by atoms with Crippen LogP contribution in [0.5, 0.6) is 0 Å². The molecule has 0 aromatic heterocycles. The van der Waals surface area contributed by atoms with Crippen molar-refractivity contribution in [2.45, 2.75) is 81.9 Å². The zero-order chi connectivity index (χ0) is 26.0. The number of carbonyl (C=O) groups excluding carboxylic acids is 2. The highest BCUT2D eigenvalue weighted by Crippen LogP contribution is 2.66. The van der Waals surface area contributed by atoms with Crippen LogP contribution >= 0.6 is 21.6 Å². The van der Waals surface area contributed by atoms with Crippen LogP contribution in [0.2, 0.25) is 0 Å². The summed E-state index contributed by atoms with van der Waals surface area (Å²) in [6, 6.07) is 0. The molecule has 2 aliphatic carbocycles. The normalized spacial score (nSPS) is 38.5. The molecule has 4 aliphatic rings. The van der Waals surface area contributed by atoms with Crippen LogP contribution in [0, 0.1) is 23.2 Å². The highest BCUT2D eigenvalue weighted by atomic mass is 33.1. The van der Waals surface area contributed by atoms with E-state index >= 15 is 0 Å². The monoisotopic (exact) mass is 533 g/mol. The van der Waals surface area contributed by atoms with Crippen LogP contribution in [0.3, 0.4) is 0 Å². The zero-order valence-electron chi connectivity index (χ0n) is 21.4. The maximum absolute atomic E-state index is 12.1. The largest absolute Gasteiger partial charge is 0.481 e. The third kappa shape index (κ3) is 5.04. The molecular formula is C28H39NO5S2. The number of rotatable bonds is 10. The highest BCUT2D eigenvalue weighted by molar-refractivity contribution is 8.77. The number of allylic oxidation sites excluding steroid dienone is 2. The molecule has 6 nitrogen and oxygen atoms in total. The van der Waals surface area contributed by atoms with Gasteiger partial charge in [0.05, 0.1) is 5.57 Å². The van der Waals surface area contributed by atoms with E-state index in [9.17, 15) is 14.4 Å². The van der Waals surface area contributed by atoms with E-state index < -0.39 is 5.97 Å². The second kappa shape index (κ2) is 11.0. The molecule has 2 heterocycles. The number of nitrogens with one attached hydrogen (secondary N) is 1. The van der Waals surface area contributed by atoms with Gasteiger partial charge in [-0.25, -0.2) is 4.79 Å². The summed E-state index contributed by atoms with van der Waals surface area (Å²) in [5, 5.41) is 12.5. The van der Waals surface area contributed by atoms with Crippen molar-refractivity contribution in [1.29, 1.82) is 0 Å². The van der Waals surface area contributed by atoms with E-state index in [0.717, 1.165) is 57.1 Å². The smallest absolute Gasteiger partial charge is 0.338 e. The summed E-state index contributed by atoms with van der Waals surface area (Å²) in [7, 11) is 3.89. The summed E-state index contributed by atoms with van der Waals surface area (Å²) in [4.78, 5) is 35.1. The van der Waals surface area contributed by atoms with Crippen molar-refractivity contribution in [2.24, 2.45) is 23.2 Å². The predicted octanol–water partition coefficient (Wildman–Crippen LogP) is 5.70. The Morgan fingerprint density at radius 1 is 1.28 bits per heavy atom. The van der Waals surface area contributed by atoms with Gasteiger partial charge in [-0.1, -0.05) is 59.2 Å². The van der Waals surface area contributed by atoms with Crippen molar-refractivity contribution in [3.63, 3.8) is 0 Å². The lowest BCUT2D eigenvalue weighted by molar-refractivity contribution is -0.137. The lowest BCUT2D eigenvalue weighted by Crippen LogP contribution is -2.67. The fraction of sp³-hybridized carbons (Fsp3) is 0.679. The quantitative estimate of drug-likeness (QED) is 0.122. The number of unbranched alkanes of at least 4 members (excludes halogenated alkanes) is 1. The van der Waals surface area contributed by atoms with Gasteiger partial charge in [-0.2, -0.15) is 0 Å². The SMILES string of the molecule is C=C1CC[C@H]2[C@@](C)(CC[C@@H]([C@@]3(CCCCC(=O)O)CCSS3)[C@@]2(C)NC=O)[C@@H]1/C=C/C1=CCOC1=O. The standard InChI is InChI=1S/C28H39NO5S2/c1-19-7-10-22-26(2,21(19)9-8-20-12-16-34-25(20)33)14-11-23(27(22,3)29-18-30)28(15-17-35-36-28)13-5-4-6-24(31)32/h8-9,12,18,21-23H,1,4-7,10-11,13-17H2,2-3H3,(H,29,30)(H,31,32)/b9-8+/t21-,22+,23-,26+,27+,28-/m1/s1. The molecule has 2 N–H and O–H groups in total. The van der Waals surface area contributed by atoms with Gasteiger partial charge >= 0.3 is 11.9 Å². The van der Waals surface area contributed by atoms with E-state index in [0.29, 0.717) is 24.5 Å². The number of fused-ring (bicyclic) bond motifs is 1. The Morgan fingerprint density at radius 3 is 2.72 bits per heavy atom. The molecule has 2 saturated carbocycles. The van der Waals surface area contributed by atoms with Crippen LogP contribution in [0.4, 0.5) is 0 Å². The number of hydrogen-bond donors (Lipinski definition) is 2. The lowest BCUT2D eigenvalue weighted by Gasteiger charge is -2.63. The third-order valence-electron chi connectivity index (χ3n) is 9.42. The Balaban J connectivity index is 1.63. The van der Waals surface area contributed by atoms with Gasteiger partial charge < -0.3 is 15.2 Å².